The quantitative estimate of drug-likeness (QED) is 0.429. The van der Waals surface area contributed by atoms with Crippen molar-refractivity contribution < 1.29 is 14.3 Å². The topological polar surface area (TPSA) is 79.8 Å². The van der Waals surface area contributed by atoms with Gasteiger partial charge in [-0.15, -0.1) is 0 Å². The van der Waals surface area contributed by atoms with E-state index in [0.29, 0.717) is 11.3 Å². The lowest BCUT2D eigenvalue weighted by Crippen LogP contribution is -2.18. The third kappa shape index (κ3) is 5.05. The molecule has 2 rings (SSSR count). The van der Waals surface area contributed by atoms with Crippen LogP contribution < -0.4 is 15.5 Å². The number of hydrazone groups is 1. The van der Waals surface area contributed by atoms with Gasteiger partial charge in [0.05, 0.1) is 16.9 Å². The Morgan fingerprint density at radius 2 is 2.00 bits per heavy atom. The summed E-state index contributed by atoms with van der Waals surface area (Å²) < 4.78 is 6.14. The molecular formula is C17H16IN3O3. The highest BCUT2D eigenvalue weighted by molar-refractivity contribution is 14.1. The van der Waals surface area contributed by atoms with E-state index in [2.05, 4.69) is 38.4 Å². The number of hydrogen-bond donors (Lipinski definition) is 2. The van der Waals surface area contributed by atoms with Crippen LogP contribution in [-0.2, 0) is 4.79 Å². The summed E-state index contributed by atoms with van der Waals surface area (Å²) in [5, 5.41) is 6.58. The predicted molar refractivity (Wildman–Crippen MR) is 102 cm³/mol. The van der Waals surface area contributed by atoms with Crippen molar-refractivity contribution in [3.8, 4) is 5.75 Å². The molecule has 0 fully saturated rings. The number of methoxy groups -OCH3 is 1. The normalized spacial score (nSPS) is 10.5. The van der Waals surface area contributed by atoms with Crippen molar-refractivity contribution in [2.45, 2.75) is 6.92 Å². The molecule has 2 aromatic rings. The zero-order valence-electron chi connectivity index (χ0n) is 13.2. The molecule has 2 N–H and O–H groups in total. The number of ether oxygens (including phenoxy) is 1. The Kier molecular flexibility index (Phi) is 6.30. The SMILES string of the molecule is COc1ccc(/C=N\NC(=O)c2cccc(NC(C)=O)c2)cc1I. The fourth-order valence-corrected chi connectivity index (χ4v) is 2.69. The van der Waals surface area contributed by atoms with Crippen LogP contribution in [0.1, 0.15) is 22.8 Å². The van der Waals surface area contributed by atoms with Crippen LogP contribution in [0.15, 0.2) is 47.6 Å². The van der Waals surface area contributed by atoms with Crippen LogP contribution in [0.2, 0.25) is 0 Å². The summed E-state index contributed by atoms with van der Waals surface area (Å²) >= 11 is 2.16. The minimum atomic E-state index is -0.360. The van der Waals surface area contributed by atoms with Crippen LogP contribution in [-0.4, -0.2) is 25.1 Å². The maximum atomic E-state index is 12.1. The third-order valence-corrected chi connectivity index (χ3v) is 3.84. The first-order valence-corrected chi connectivity index (χ1v) is 8.12. The highest BCUT2D eigenvalue weighted by atomic mass is 127. The van der Waals surface area contributed by atoms with Crippen LogP contribution in [0.4, 0.5) is 5.69 Å². The number of hydrogen-bond acceptors (Lipinski definition) is 4. The summed E-state index contributed by atoms with van der Waals surface area (Å²) in [5.74, 6) is 0.230. The van der Waals surface area contributed by atoms with Crippen molar-refractivity contribution in [1.82, 2.24) is 5.43 Å². The summed E-state index contributed by atoms with van der Waals surface area (Å²) in [6, 6.07) is 12.2. The maximum absolute atomic E-state index is 12.1. The van der Waals surface area contributed by atoms with Gasteiger partial charge in [-0.2, -0.15) is 5.10 Å². The Labute approximate surface area is 153 Å². The molecule has 2 aromatic carbocycles. The molecule has 0 aliphatic carbocycles. The third-order valence-electron chi connectivity index (χ3n) is 3.00. The average Bonchev–Trinajstić information content (AvgIpc) is 2.54. The summed E-state index contributed by atoms with van der Waals surface area (Å²) in [5.41, 5.74) is 4.26. The zero-order valence-corrected chi connectivity index (χ0v) is 15.3. The molecule has 0 aliphatic rings. The van der Waals surface area contributed by atoms with Crippen LogP contribution in [0.3, 0.4) is 0 Å². The predicted octanol–water partition coefficient (Wildman–Crippen LogP) is 3.02. The van der Waals surface area contributed by atoms with E-state index in [9.17, 15) is 9.59 Å². The number of carbonyl (C=O) groups is 2. The van der Waals surface area contributed by atoms with Gasteiger partial charge in [0.2, 0.25) is 5.91 Å². The number of halogens is 1. The lowest BCUT2D eigenvalue weighted by Gasteiger charge is -2.05. The second-order valence-corrected chi connectivity index (χ2v) is 6.02. The summed E-state index contributed by atoms with van der Waals surface area (Å²) in [4.78, 5) is 23.1. The molecule has 0 aromatic heterocycles. The van der Waals surface area contributed by atoms with Gasteiger partial charge in [-0.25, -0.2) is 5.43 Å². The lowest BCUT2D eigenvalue weighted by atomic mass is 10.2. The van der Waals surface area contributed by atoms with Gasteiger partial charge >= 0.3 is 0 Å². The number of amides is 2. The summed E-state index contributed by atoms with van der Waals surface area (Å²) in [7, 11) is 1.61. The average molecular weight is 437 g/mol. The Hall–Kier alpha value is -2.42. The van der Waals surface area contributed by atoms with E-state index in [4.69, 9.17) is 4.74 Å². The Balaban J connectivity index is 2.02. The molecule has 0 bridgehead atoms. The van der Waals surface area contributed by atoms with E-state index in [1.807, 2.05) is 18.2 Å². The van der Waals surface area contributed by atoms with Gasteiger partial charge in [-0.1, -0.05) is 6.07 Å². The first-order chi connectivity index (χ1) is 11.5. The smallest absolute Gasteiger partial charge is 0.271 e. The minimum Gasteiger partial charge on any atom is -0.496 e. The lowest BCUT2D eigenvalue weighted by molar-refractivity contribution is -0.114. The molecular weight excluding hydrogens is 421 g/mol. The monoisotopic (exact) mass is 437 g/mol. The van der Waals surface area contributed by atoms with Crippen LogP contribution in [0.25, 0.3) is 0 Å². The van der Waals surface area contributed by atoms with Crippen molar-refractivity contribution in [2.24, 2.45) is 5.10 Å². The number of rotatable bonds is 5. The molecule has 6 nitrogen and oxygen atoms in total. The summed E-state index contributed by atoms with van der Waals surface area (Å²) in [6.45, 7) is 1.41. The molecule has 124 valence electrons. The number of nitrogens with zero attached hydrogens (tertiary/aromatic N) is 1. The van der Waals surface area contributed by atoms with Crippen LogP contribution >= 0.6 is 22.6 Å². The van der Waals surface area contributed by atoms with Crippen molar-refractivity contribution in [1.29, 1.82) is 0 Å². The number of anilines is 1. The van der Waals surface area contributed by atoms with Gasteiger partial charge in [-0.3, -0.25) is 9.59 Å². The largest absolute Gasteiger partial charge is 0.496 e. The molecule has 0 aliphatic heterocycles. The molecule has 0 spiro atoms. The van der Waals surface area contributed by atoms with Crippen molar-refractivity contribution in [3.63, 3.8) is 0 Å². The van der Waals surface area contributed by atoms with E-state index in [-0.39, 0.29) is 11.8 Å². The number of nitrogens with one attached hydrogen (secondary N) is 2. The Morgan fingerprint density at radius 1 is 1.21 bits per heavy atom. The molecule has 24 heavy (non-hydrogen) atoms. The molecule has 0 radical (unpaired) electrons. The van der Waals surface area contributed by atoms with Gasteiger partial charge < -0.3 is 10.1 Å². The molecule has 0 heterocycles. The van der Waals surface area contributed by atoms with E-state index in [1.54, 1.807) is 37.6 Å². The second kappa shape index (κ2) is 8.44. The molecule has 2 amide bonds. The van der Waals surface area contributed by atoms with Crippen molar-refractivity contribution in [2.75, 3.05) is 12.4 Å². The van der Waals surface area contributed by atoms with Crippen LogP contribution in [0.5, 0.6) is 5.75 Å². The standard InChI is InChI=1S/C17H16IN3O3/c1-11(22)20-14-5-3-4-13(9-14)17(23)21-19-10-12-6-7-16(24-2)15(18)8-12/h3-10H,1-2H3,(H,20,22)(H,21,23)/b19-10-. The van der Waals surface area contributed by atoms with Crippen LogP contribution in [0, 0.1) is 3.57 Å². The maximum Gasteiger partial charge on any atom is 0.271 e. The molecule has 0 saturated heterocycles. The molecule has 0 atom stereocenters. The highest BCUT2D eigenvalue weighted by Crippen LogP contribution is 2.20. The second-order valence-electron chi connectivity index (χ2n) is 4.86. The minimum absolute atomic E-state index is 0.195. The first kappa shape index (κ1) is 17.9. The fraction of sp³-hybridized carbons (Fsp3) is 0.118. The fourth-order valence-electron chi connectivity index (χ4n) is 1.93. The van der Waals surface area contributed by atoms with Gasteiger partial charge in [0.25, 0.3) is 5.91 Å². The first-order valence-electron chi connectivity index (χ1n) is 7.04. The van der Waals surface area contributed by atoms with E-state index in [0.717, 1.165) is 14.9 Å². The summed E-state index contributed by atoms with van der Waals surface area (Å²) in [6.07, 6.45) is 1.55. The molecule has 0 unspecified atom stereocenters. The van der Waals surface area contributed by atoms with Gasteiger partial charge in [0.15, 0.2) is 0 Å². The molecule has 7 heteroatoms. The van der Waals surface area contributed by atoms with E-state index < -0.39 is 0 Å². The number of benzene rings is 2. The Bertz CT molecular complexity index is 790. The van der Waals surface area contributed by atoms with Gasteiger partial charge in [-0.05, 0) is 64.6 Å². The van der Waals surface area contributed by atoms with Gasteiger partial charge in [0.1, 0.15) is 5.75 Å². The van der Waals surface area contributed by atoms with Gasteiger partial charge in [0, 0.05) is 18.2 Å². The van der Waals surface area contributed by atoms with E-state index >= 15 is 0 Å². The zero-order chi connectivity index (χ0) is 17.5. The van der Waals surface area contributed by atoms with Crippen molar-refractivity contribution in [3.05, 3.63) is 57.2 Å². The highest BCUT2D eigenvalue weighted by Gasteiger charge is 2.06. The number of carbonyl (C=O) groups excluding carboxylic acids is 2. The molecule has 0 saturated carbocycles. The Morgan fingerprint density at radius 3 is 2.67 bits per heavy atom. The van der Waals surface area contributed by atoms with E-state index in [1.165, 1.54) is 6.92 Å². The van der Waals surface area contributed by atoms with Crippen molar-refractivity contribution >= 4 is 46.3 Å².